The predicted molar refractivity (Wildman–Crippen MR) is 123 cm³/mol. The fourth-order valence-electron chi connectivity index (χ4n) is 4.15. The van der Waals surface area contributed by atoms with Crippen molar-refractivity contribution in [3.63, 3.8) is 0 Å². The molecular formula is C25H25FN4O4. The number of amides is 1. The van der Waals surface area contributed by atoms with Crippen molar-refractivity contribution < 1.29 is 23.4 Å². The third kappa shape index (κ3) is 4.38. The molecule has 0 unspecified atom stereocenters. The number of anilines is 1. The van der Waals surface area contributed by atoms with Crippen LogP contribution in [-0.2, 0) is 17.7 Å². The lowest BCUT2D eigenvalue weighted by Gasteiger charge is -2.32. The number of hydrogen-bond donors (Lipinski definition) is 0. The van der Waals surface area contributed by atoms with Crippen molar-refractivity contribution in [2.24, 2.45) is 0 Å². The maximum atomic E-state index is 14.3. The van der Waals surface area contributed by atoms with E-state index in [1.165, 1.54) is 12.1 Å². The smallest absolute Gasteiger partial charge is 0.257 e. The SMILES string of the molecule is COc1ccccc1Oc1nc(N2CCOCC2)nc2c1CN(C(=O)c1ccccc1F)CC2. The molecule has 0 saturated carbocycles. The molecule has 0 bridgehead atoms. The third-order valence-electron chi connectivity index (χ3n) is 5.97. The van der Waals surface area contributed by atoms with Crippen molar-refractivity contribution in [3.8, 4) is 17.4 Å². The Hall–Kier alpha value is -3.72. The van der Waals surface area contributed by atoms with E-state index >= 15 is 0 Å². The number of rotatable bonds is 5. The Morgan fingerprint density at radius 3 is 2.50 bits per heavy atom. The standard InChI is InChI=1S/C25H25FN4O4/c1-32-21-8-4-5-9-22(21)34-23-18-16-30(24(31)17-6-2-3-7-19(17)26)11-10-20(18)27-25(28-23)29-12-14-33-15-13-29/h2-9H,10-16H2,1H3. The Morgan fingerprint density at radius 2 is 1.74 bits per heavy atom. The summed E-state index contributed by atoms with van der Waals surface area (Å²) in [7, 11) is 1.58. The van der Waals surface area contributed by atoms with Crippen LogP contribution >= 0.6 is 0 Å². The number of para-hydroxylation sites is 2. The fraction of sp³-hybridized carbons (Fsp3) is 0.320. The number of hydrogen-bond acceptors (Lipinski definition) is 7. The van der Waals surface area contributed by atoms with E-state index in [2.05, 4.69) is 4.90 Å². The van der Waals surface area contributed by atoms with E-state index in [1.807, 2.05) is 12.1 Å². The zero-order valence-corrected chi connectivity index (χ0v) is 18.9. The predicted octanol–water partition coefficient (Wildman–Crippen LogP) is 3.45. The summed E-state index contributed by atoms with van der Waals surface area (Å²) >= 11 is 0. The van der Waals surface area contributed by atoms with E-state index in [-0.39, 0.29) is 18.0 Å². The molecule has 2 aromatic carbocycles. The molecule has 1 saturated heterocycles. The molecule has 5 rings (SSSR count). The molecular weight excluding hydrogens is 439 g/mol. The highest BCUT2D eigenvalue weighted by atomic mass is 19.1. The lowest BCUT2D eigenvalue weighted by molar-refractivity contribution is 0.0727. The van der Waals surface area contributed by atoms with Gasteiger partial charge in [-0.05, 0) is 24.3 Å². The van der Waals surface area contributed by atoms with Crippen LogP contribution in [0.5, 0.6) is 17.4 Å². The van der Waals surface area contributed by atoms with Gasteiger partial charge in [0.15, 0.2) is 11.5 Å². The van der Waals surface area contributed by atoms with Crippen molar-refractivity contribution in [1.29, 1.82) is 0 Å². The van der Waals surface area contributed by atoms with Gasteiger partial charge in [0.25, 0.3) is 5.91 Å². The first kappa shape index (κ1) is 22.1. The fourth-order valence-corrected chi connectivity index (χ4v) is 4.15. The van der Waals surface area contributed by atoms with Crippen LogP contribution in [0.15, 0.2) is 48.5 Å². The highest BCUT2D eigenvalue weighted by Crippen LogP contribution is 2.35. The zero-order valence-electron chi connectivity index (χ0n) is 18.9. The summed E-state index contributed by atoms with van der Waals surface area (Å²) in [4.78, 5) is 26.3. The summed E-state index contributed by atoms with van der Waals surface area (Å²) in [6.45, 7) is 3.22. The van der Waals surface area contributed by atoms with Gasteiger partial charge in [-0.2, -0.15) is 4.98 Å². The van der Waals surface area contributed by atoms with E-state index in [4.69, 9.17) is 24.2 Å². The number of benzene rings is 2. The minimum absolute atomic E-state index is 0.0454. The van der Waals surface area contributed by atoms with Crippen molar-refractivity contribution in [3.05, 3.63) is 71.2 Å². The molecule has 2 aliphatic rings. The van der Waals surface area contributed by atoms with Gasteiger partial charge in [-0.1, -0.05) is 24.3 Å². The summed E-state index contributed by atoms with van der Waals surface area (Å²) < 4.78 is 31.4. The van der Waals surface area contributed by atoms with Crippen molar-refractivity contribution in [1.82, 2.24) is 14.9 Å². The minimum atomic E-state index is -0.539. The summed E-state index contributed by atoms with van der Waals surface area (Å²) in [6, 6.07) is 13.3. The number of ether oxygens (including phenoxy) is 3. The lowest BCUT2D eigenvalue weighted by Crippen LogP contribution is -2.39. The molecule has 176 valence electrons. The van der Waals surface area contributed by atoms with Crippen molar-refractivity contribution >= 4 is 11.9 Å². The Kier molecular flexibility index (Phi) is 6.27. The van der Waals surface area contributed by atoms with Crippen LogP contribution in [0.3, 0.4) is 0 Å². The molecule has 1 fully saturated rings. The number of halogens is 1. The number of fused-ring (bicyclic) bond motifs is 1. The van der Waals surface area contributed by atoms with Crippen LogP contribution in [0.25, 0.3) is 0 Å². The highest BCUT2D eigenvalue weighted by molar-refractivity contribution is 5.94. The molecule has 8 nitrogen and oxygen atoms in total. The molecule has 9 heteroatoms. The van der Waals surface area contributed by atoms with Gasteiger partial charge in [0.1, 0.15) is 5.82 Å². The van der Waals surface area contributed by atoms with E-state index in [0.717, 1.165) is 5.69 Å². The average molecular weight is 464 g/mol. The number of carbonyl (C=O) groups is 1. The Morgan fingerprint density at radius 1 is 1.00 bits per heavy atom. The number of nitrogens with zero attached hydrogens (tertiary/aromatic N) is 4. The molecule has 1 aromatic heterocycles. The van der Waals surface area contributed by atoms with Gasteiger partial charge in [0.2, 0.25) is 11.8 Å². The van der Waals surface area contributed by atoms with Crippen LogP contribution in [0, 0.1) is 5.82 Å². The molecule has 0 spiro atoms. The van der Waals surface area contributed by atoms with Crippen LogP contribution in [-0.4, -0.2) is 60.7 Å². The van der Waals surface area contributed by atoms with E-state index < -0.39 is 5.82 Å². The Bertz CT molecular complexity index is 1200. The number of aromatic nitrogens is 2. The third-order valence-corrected chi connectivity index (χ3v) is 5.97. The molecule has 0 atom stereocenters. The first-order chi connectivity index (χ1) is 16.6. The second-order valence-corrected chi connectivity index (χ2v) is 8.06. The molecule has 3 aromatic rings. The van der Waals surface area contributed by atoms with Crippen molar-refractivity contribution in [2.45, 2.75) is 13.0 Å². The summed E-state index contributed by atoms with van der Waals surface area (Å²) in [5, 5.41) is 0. The summed E-state index contributed by atoms with van der Waals surface area (Å²) in [6.07, 6.45) is 0.512. The van der Waals surface area contributed by atoms with Gasteiger partial charge >= 0.3 is 0 Å². The monoisotopic (exact) mass is 464 g/mol. The van der Waals surface area contributed by atoms with E-state index in [1.54, 1.807) is 36.3 Å². The quantitative estimate of drug-likeness (QED) is 0.572. The van der Waals surface area contributed by atoms with Gasteiger partial charge in [0.05, 0.1) is 43.7 Å². The van der Waals surface area contributed by atoms with E-state index in [9.17, 15) is 9.18 Å². The largest absolute Gasteiger partial charge is 0.493 e. The van der Waals surface area contributed by atoms with Gasteiger partial charge in [-0.15, -0.1) is 0 Å². The molecule has 0 N–H and O–H groups in total. The zero-order chi connectivity index (χ0) is 23.5. The van der Waals surface area contributed by atoms with Gasteiger partial charge in [0, 0.05) is 26.1 Å². The van der Waals surface area contributed by atoms with Crippen molar-refractivity contribution in [2.75, 3.05) is 44.9 Å². The first-order valence-corrected chi connectivity index (χ1v) is 11.2. The minimum Gasteiger partial charge on any atom is -0.493 e. The molecule has 1 amide bonds. The number of methoxy groups -OCH3 is 1. The average Bonchev–Trinajstić information content (AvgIpc) is 2.89. The maximum Gasteiger partial charge on any atom is 0.257 e. The molecule has 0 aliphatic carbocycles. The topological polar surface area (TPSA) is 77.0 Å². The van der Waals surface area contributed by atoms with Gasteiger partial charge in [-0.3, -0.25) is 4.79 Å². The van der Waals surface area contributed by atoms with Gasteiger partial charge in [-0.25, -0.2) is 9.37 Å². The highest BCUT2D eigenvalue weighted by Gasteiger charge is 2.30. The summed E-state index contributed by atoms with van der Waals surface area (Å²) in [5.74, 6) is 1.10. The first-order valence-electron chi connectivity index (χ1n) is 11.2. The second-order valence-electron chi connectivity index (χ2n) is 8.06. The van der Waals surface area contributed by atoms with E-state index in [0.29, 0.717) is 68.2 Å². The summed E-state index contributed by atoms with van der Waals surface area (Å²) in [5.41, 5.74) is 1.57. The second kappa shape index (κ2) is 9.64. The van der Waals surface area contributed by atoms with Crippen LogP contribution < -0.4 is 14.4 Å². The van der Waals surface area contributed by atoms with Crippen LogP contribution in [0.2, 0.25) is 0 Å². The number of morpholine rings is 1. The molecule has 2 aliphatic heterocycles. The normalized spacial score (nSPS) is 15.6. The maximum absolute atomic E-state index is 14.3. The Balaban J connectivity index is 1.51. The lowest BCUT2D eigenvalue weighted by atomic mass is 10.0. The van der Waals surface area contributed by atoms with Crippen LogP contribution in [0.4, 0.5) is 10.3 Å². The molecule has 34 heavy (non-hydrogen) atoms. The van der Waals surface area contributed by atoms with Crippen LogP contribution in [0.1, 0.15) is 21.6 Å². The number of carbonyl (C=O) groups excluding carboxylic acids is 1. The van der Waals surface area contributed by atoms with Gasteiger partial charge < -0.3 is 24.0 Å². The molecule has 0 radical (unpaired) electrons. The Labute approximate surface area is 196 Å². The molecule has 3 heterocycles.